The lowest BCUT2D eigenvalue weighted by molar-refractivity contribution is 0.399. The van der Waals surface area contributed by atoms with Gasteiger partial charge in [-0.3, -0.25) is 0 Å². The summed E-state index contributed by atoms with van der Waals surface area (Å²) in [6.45, 7) is 4.92. The number of benzene rings is 1. The zero-order chi connectivity index (χ0) is 13.0. The highest BCUT2D eigenvalue weighted by Crippen LogP contribution is 2.21. The third kappa shape index (κ3) is 2.93. The molecular formula is C15H19NO2. The molecule has 0 aliphatic heterocycles. The fourth-order valence-electron chi connectivity index (χ4n) is 1.95. The molecule has 1 heterocycles. The number of nitrogens with one attached hydrogen (secondary N) is 1. The van der Waals surface area contributed by atoms with E-state index in [-0.39, 0.29) is 6.04 Å². The van der Waals surface area contributed by atoms with Crippen molar-refractivity contribution in [3.05, 3.63) is 53.5 Å². The van der Waals surface area contributed by atoms with Gasteiger partial charge in [-0.1, -0.05) is 17.7 Å². The van der Waals surface area contributed by atoms with Gasteiger partial charge in [0.25, 0.3) is 0 Å². The Bertz CT molecular complexity index is 491. The van der Waals surface area contributed by atoms with Crippen molar-refractivity contribution < 1.29 is 9.15 Å². The number of aryl methyl sites for hydroxylation is 1. The van der Waals surface area contributed by atoms with E-state index >= 15 is 0 Å². The maximum atomic E-state index is 5.37. The number of hydrogen-bond donors (Lipinski definition) is 1. The first-order chi connectivity index (χ1) is 8.70. The Morgan fingerprint density at radius 2 is 2.17 bits per heavy atom. The zero-order valence-electron chi connectivity index (χ0n) is 11.1. The molecule has 96 valence electrons. The van der Waals surface area contributed by atoms with Crippen molar-refractivity contribution in [1.29, 1.82) is 0 Å². The van der Waals surface area contributed by atoms with Gasteiger partial charge >= 0.3 is 0 Å². The molecular weight excluding hydrogens is 226 g/mol. The van der Waals surface area contributed by atoms with Gasteiger partial charge in [-0.05, 0) is 32.0 Å². The molecule has 1 aromatic heterocycles. The van der Waals surface area contributed by atoms with Crippen LogP contribution >= 0.6 is 0 Å². The molecule has 0 saturated carbocycles. The topological polar surface area (TPSA) is 34.4 Å². The predicted octanol–water partition coefficient (Wildman–Crippen LogP) is 3.45. The van der Waals surface area contributed by atoms with Gasteiger partial charge in [-0.15, -0.1) is 0 Å². The van der Waals surface area contributed by atoms with E-state index in [1.54, 1.807) is 13.4 Å². The summed E-state index contributed by atoms with van der Waals surface area (Å²) in [5.74, 6) is 1.86. The highest BCUT2D eigenvalue weighted by atomic mass is 16.5. The van der Waals surface area contributed by atoms with Crippen LogP contribution in [-0.4, -0.2) is 7.11 Å². The quantitative estimate of drug-likeness (QED) is 0.876. The lowest BCUT2D eigenvalue weighted by Gasteiger charge is -2.14. The number of furan rings is 1. The van der Waals surface area contributed by atoms with Gasteiger partial charge in [0.15, 0.2) is 0 Å². The predicted molar refractivity (Wildman–Crippen MR) is 71.7 cm³/mol. The molecule has 18 heavy (non-hydrogen) atoms. The summed E-state index contributed by atoms with van der Waals surface area (Å²) in [5.41, 5.74) is 2.40. The van der Waals surface area contributed by atoms with Crippen LogP contribution in [0.5, 0.6) is 5.75 Å². The van der Waals surface area contributed by atoms with Crippen molar-refractivity contribution in [3.8, 4) is 5.75 Å². The Morgan fingerprint density at radius 1 is 1.33 bits per heavy atom. The maximum absolute atomic E-state index is 5.37. The van der Waals surface area contributed by atoms with Crippen molar-refractivity contribution in [2.75, 3.05) is 7.11 Å². The summed E-state index contributed by atoms with van der Waals surface area (Å²) in [6, 6.07) is 10.3. The highest BCUT2D eigenvalue weighted by Gasteiger charge is 2.09. The van der Waals surface area contributed by atoms with E-state index in [0.29, 0.717) is 0 Å². The van der Waals surface area contributed by atoms with Gasteiger partial charge in [-0.2, -0.15) is 0 Å². The summed E-state index contributed by atoms with van der Waals surface area (Å²) in [5, 5.41) is 3.43. The van der Waals surface area contributed by atoms with Crippen LogP contribution in [0, 0.1) is 6.92 Å². The molecule has 0 unspecified atom stereocenters. The Hall–Kier alpha value is -1.74. The molecule has 2 aromatic rings. The lowest BCUT2D eigenvalue weighted by Crippen LogP contribution is -2.18. The minimum absolute atomic E-state index is 0.185. The zero-order valence-corrected chi connectivity index (χ0v) is 11.1. The van der Waals surface area contributed by atoms with Crippen LogP contribution in [0.25, 0.3) is 0 Å². The van der Waals surface area contributed by atoms with Crippen LogP contribution in [0.15, 0.2) is 41.0 Å². The first kappa shape index (κ1) is 12.7. The fourth-order valence-corrected chi connectivity index (χ4v) is 1.95. The average Bonchev–Trinajstić information content (AvgIpc) is 2.90. The molecule has 0 bridgehead atoms. The van der Waals surface area contributed by atoms with E-state index in [1.807, 2.05) is 18.2 Å². The molecule has 0 saturated heterocycles. The van der Waals surface area contributed by atoms with Crippen molar-refractivity contribution in [3.63, 3.8) is 0 Å². The van der Waals surface area contributed by atoms with E-state index in [2.05, 4.69) is 31.3 Å². The van der Waals surface area contributed by atoms with Crippen molar-refractivity contribution >= 4 is 0 Å². The van der Waals surface area contributed by atoms with E-state index in [0.717, 1.165) is 23.6 Å². The molecule has 0 spiro atoms. The van der Waals surface area contributed by atoms with Crippen LogP contribution in [-0.2, 0) is 6.54 Å². The normalized spacial score (nSPS) is 12.4. The Labute approximate surface area is 108 Å². The standard InChI is InChI=1S/C15H19NO2/c1-11-6-7-15(17-3)13(9-11)10-16-12(2)14-5-4-8-18-14/h4-9,12,16H,10H2,1-3H3/t12-/m0/s1. The van der Waals surface area contributed by atoms with Gasteiger partial charge in [0.1, 0.15) is 11.5 Å². The number of rotatable bonds is 5. The Balaban J connectivity index is 2.03. The van der Waals surface area contributed by atoms with Crippen LogP contribution in [0.2, 0.25) is 0 Å². The number of ether oxygens (including phenoxy) is 1. The first-order valence-electron chi connectivity index (χ1n) is 6.11. The van der Waals surface area contributed by atoms with Crippen LogP contribution in [0.1, 0.15) is 29.9 Å². The van der Waals surface area contributed by atoms with Gasteiger partial charge < -0.3 is 14.5 Å². The minimum Gasteiger partial charge on any atom is -0.496 e. The van der Waals surface area contributed by atoms with Gasteiger partial charge in [-0.25, -0.2) is 0 Å². The number of hydrogen-bond acceptors (Lipinski definition) is 3. The summed E-state index contributed by atoms with van der Waals surface area (Å²) in [4.78, 5) is 0. The third-order valence-corrected chi connectivity index (χ3v) is 3.00. The summed E-state index contributed by atoms with van der Waals surface area (Å²) < 4.78 is 10.7. The SMILES string of the molecule is COc1ccc(C)cc1CN[C@@H](C)c1ccco1. The molecule has 0 aliphatic rings. The van der Waals surface area contributed by atoms with E-state index < -0.39 is 0 Å². The summed E-state index contributed by atoms with van der Waals surface area (Å²) >= 11 is 0. The summed E-state index contributed by atoms with van der Waals surface area (Å²) in [6.07, 6.45) is 1.70. The molecule has 2 rings (SSSR count). The molecule has 0 fully saturated rings. The molecule has 1 aromatic carbocycles. The average molecular weight is 245 g/mol. The molecule has 3 heteroatoms. The van der Waals surface area contributed by atoms with Crippen molar-refractivity contribution in [2.45, 2.75) is 26.4 Å². The molecule has 3 nitrogen and oxygen atoms in total. The lowest BCUT2D eigenvalue weighted by atomic mass is 10.1. The smallest absolute Gasteiger partial charge is 0.123 e. The van der Waals surface area contributed by atoms with Crippen molar-refractivity contribution in [2.24, 2.45) is 0 Å². The van der Waals surface area contributed by atoms with E-state index in [9.17, 15) is 0 Å². The maximum Gasteiger partial charge on any atom is 0.123 e. The van der Waals surface area contributed by atoms with Crippen LogP contribution in [0.3, 0.4) is 0 Å². The monoisotopic (exact) mass is 245 g/mol. The van der Waals surface area contributed by atoms with E-state index in [1.165, 1.54) is 5.56 Å². The van der Waals surface area contributed by atoms with E-state index in [4.69, 9.17) is 9.15 Å². The third-order valence-electron chi connectivity index (χ3n) is 3.00. The van der Waals surface area contributed by atoms with Crippen LogP contribution in [0.4, 0.5) is 0 Å². The number of methoxy groups -OCH3 is 1. The van der Waals surface area contributed by atoms with Gasteiger partial charge in [0, 0.05) is 12.1 Å². The Kier molecular flexibility index (Phi) is 4.05. The molecule has 0 radical (unpaired) electrons. The molecule has 0 amide bonds. The van der Waals surface area contributed by atoms with Crippen molar-refractivity contribution in [1.82, 2.24) is 5.32 Å². The Morgan fingerprint density at radius 3 is 2.83 bits per heavy atom. The molecule has 1 N–H and O–H groups in total. The van der Waals surface area contributed by atoms with Crippen LogP contribution < -0.4 is 10.1 Å². The second-order valence-electron chi connectivity index (χ2n) is 4.43. The fraction of sp³-hybridized carbons (Fsp3) is 0.333. The minimum atomic E-state index is 0.185. The highest BCUT2D eigenvalue weighted by molar-refractivity contribution is 5.36. The largest absolute Gasteiger partial charge is 0.496 e. The molecule has 0 aliphatic carbocycles. The van der Waals surface area contributed by atoms with Gasteiger partial charge in [0.05, 0.1) is 19.4 Å². The van der Waals surface area contributed by atoms with Gasteiger partial charge in [0.2, 0.25) is 0 Å². The first-order valence-corrected chi connectivity index (χ1v) is 6.11. The second-order valence-corrected chi connectivity index (χ2v) is 4.43. The molecule has 1 atom stereocenters. The summed E-state index contributed by atoms with van der Waals surface area (Å²) in [7, 11) is 1.70. The second kappa shape index (κ2) is 5.74.